The van der Waals surface area contributed by atoms with Gasteiger partial charge >= 0.3 is 11.9 Å². The number of carboxylic acid groups (broad SMARTS) is 1. The molecule has 14 rings (SSSR count). The molecule has 0 aliphatic rings. The van der Waals surface area contributed by atoms with E-state index in [9.17, 15) is 52.8 Å². The number of alkyl halides is 1. The zero-order chi connectivity index (χ0) is 81.6. The van der Waals surface area contributed by atoms with Gasteiger partial charge in [0, 0.05) is 38.6 Å². The number of Topliss-reactive ketones (excluding diaryl/α,β-unsaturated/α-hetero) is 2. The molecule has 0 radical (unpaired) electrons. The standard InChI is InChI=1S/C21H18N4O5S2.C19H14N4O5S2.C15H13N3O3S.C14H13NO4S.C8H7BrO/c1-2-29-20(26)17-13-31-21(23-17)25-12-18(19(24-25)14-6-4-3-5-7-14)30-15-8-10-16(11-9-15)32(22,27)28;20-30(26,27)14-8-6-13(7-9-14)28-16-10-23(19-21-15(11-29-19)18(24)25)22-17(16)12-4-2-1-3-5-12;16-22(19,20)13-8-6-12(7-9-13)21-14-10-17-18-15(14)11-4-2-1-3-5-11;15-20(17,18)13-8-6-12(7-9-13)19-10-14(16)11-4-2-1-3-5-11;9-6-8(10)7-4-2-1-3-5-7/h3-13H,2H2,1H3,(H2,22,27,28);1-11H,(H,24,25)(H2,20,26,27);1-10H,(H,17,18)(H2,16,19,20);1-9H,10H2,(H2,15,17,18);1-5H,6H2. The SMILES string of the molecule is CCOC(=O)c1csc(-n2cc(Oc3ccc(S(N)(=O)=O)cc3)c(-c3ccccc3)n2)n1.NS(=O)(=O)c1ccc(OCC(=O)c2ccccc2)cc1.NS(=O)(=O)c1ccc(Oc2cn(-c3nc(C(=O)O)cs3)nc2-c2ccccc2)cc1.NS(=O)(=O)c1ccc(Oc2cn[nH]c2-c2ccccc2)cc1.O=C(CBr)c1ccccc1. The number of aromatic amines is 1. The van der Waals surface area contributed by atoms with E-state index in [0.717, 1.165) is 39.3 Å². The average Bonchev–Trinajstić information content (AvgIpc) is 1.65. The van der Waals surface area contributed by atoms with Crippen molar-refractivity contribution in [1.29, 1.82) is 0 Å². The lowest BCUT2D eigenvalue weighted by atomic mass is 10.1. The number of nitrogens with two attached hydrogens (primary N) is 4. The number of halogens is 1. The predicted octanol–water partition coefficient (Wildman–Crippen LogP) is 13.1. The molecule has 5 aromatic heterocycles. The second-order valence-corrected chi connectivity index (χ2v) is 31.7. The highest BCUT2D eigenvalue weighted by Crippen LogP contribution is 2.37. The highest BCUT2D eigenvalue weighted by atomic mass is 79.9. The molecule has 0 aliphatic heterocycles. The molecule has 0 atom stereocenters. The first-order valence-electron chi connectivity index (χ1n) is 33.1. The lowest BCUT2D eigenvalue weighted by molar-refractivity contribution is 0.0519. The maximum absolute atomic E-state index is 11.9. The largest absolute Gasteiger partial charge is 0.485 e. The molecule has 0 bridgehead atoms. The number of hydrogen-bond acceptors (Lipinski definition) is 24. The van der Waals surface area contributed by atoms with E-state index in [1.165, 1.54) is 111 Å². The number of carbonyl (C=O) groups excluding carboxylic acids is 3. The molecule has 9 aromatic carbocycles. The van der Waals surface area contributed by atoms with Gasteiger partial charge in [-0.15, -0.1) is 22.7 Å². The van der Waals surface area contributed by atoms with Crippen LogP contribution in [0.25, 0.3) is 44.0 Å². The number of primary sulfonamides is 4. The Morgan fingerprint density at radius 2 is 0.789 bits per heavy atom. The molecule has 30 nitrogen and oxygen atoms in total. The molecule has 14 aromatic rings. The number of nitrogens with one attached hydrogen (secondary N) is 1. The van der Waals surface area contributed by atoms with Gasteiger partial charge in [-0.3, -0.25) is 14.7 Å². The minimum Gasteiger partial charge on any atom is -0.485 e. The lowest BCUT2D eigenvalue weighted by Crippen LogP contribution is -2.13. The normalized spacial score (nSPS) is 11.1. The van der Waals surface area contributed by atoms with Gasteiger partial charge in [0.2, 0.25) is 50.4 Å². The molecule has 5 heterocycles. The first-order chi connectivity index (χ1) is 54.5. The van der Waals surface area contributed by atoms with E-state index in [1.807, 2.05) is 127 Å². The number of ketones is 2. The number of hydrogen-bond donors (Lipinski definition) is 6. The number of sulfonamides is 4. The highest BCUT2D eigenvalue weighted by molar-refractivity contribution is 9.09. The minimum atomic E-state index is -3.81. The van der Waals surface area contributed by atoms with Gasteiger partial charge in [-0.05, 0) is 104 Å². The molecule has 0 saturated heterocycles. The van der Waals surface area contributed by atoms with Crippen molar-refractivity contribution in [3.63, 3.8) is 0 Å². The number of carboxylic acids is 1. The Kier molecular flexibility index (Phi) is 28.4. The Bertz CT molecular complexity index is 6090. The zero-order valence-electron chi connectivity index (χ0n) is 59.3. The van der Waals surface area contributed by atoms with Gasteiger partial charge < -0.3 is 28.8 Å². The number of benzene rings is 9. The van der Waals surface area contributed by atoms with Crippen LogP contribution in [0.5, 0.6) is 40.2 Å². The Morgan fingerprint density at radius 1 is 0.447 bits per heavy atom. The number of aromatic nitrogens is 8. The fourth-order valence-corrected chi connectivity index (χ4v) is 13.5. The van der Waals surface area contributed by atoms with Gasteiger partial charge in [0.15, 0.2) is 46.8 Å². The smallest absolute Gasteiger partial charge is 0.357 e. The topological polar surface area (TPSA) is 465 Å². The van der Waals surface area contributed by atoms with Crippen molar-refractivity contribution < 1.29 is 81.6 Å². The molecular formula is C77H65BrN12O18S6. The van der Waals surface area contributed by atoms with Crippen molar-refractivity contribution in [2.24, 2.45) is 20.6 Å². The number of carbonyl (C=O) groups is 4. The quantitative estimate of drug-likeness (QED) is 0.0186. The fourth-order valence-electron chi connectivity index (χ4n) is 9.71. The summed E-state index contributed by atoms with van der Waals surface area (Å²) in [5.41, 5.74) is 5.79. The molecule has 0 aliphatic carbocycles. The summed E-state index contributed by atoms with van der Waals surface area (Å²) in [4.78, 5) is 54.2. The number of aromatic carboxylic acids is 1. The molecule has 0 saturated carbocycles. The average molecular weight is 1720 g/mol. The third kappa shape index (κ3) is 23.8. The number of esters is 1. The van der Waals surface area contributed by atoms with Crippen LogP contribution in [0.4, 0.5) is 0 Å². The molecule has 10 N–H and O–H groups in total. The van der Waals surface area contributed by atoms with Crippen molar-refractivity contribution in [3.8, 4) is 84.3 Å². The summed E-state index contributed by atoms with van der Waals surface area (Å²) in [6.07, 6.45) is 4.79. The van der Waals surface area contributed by atoms with Gasteiger partial charge in [-0.25, -0.2) is 83.1 Å². The number of ether oxygens (including phenoxy) is 5. The zero-order valence-corrected chi connectivity index (χ0v) is 65.8. The van der Waals surface area contributed by atoms with Crippen LogP contribution in [0.2, 0.25) is 0 Å². The van der Waals surface area contributed by atoms with Crippen molar-refractivity contribution in [2.75, 3.05) is 18.5 Å². The van der Waals surface area contributed by atoms with Gasteiger partial charge in [0.05, 0.1) is 50.1 Å². The van der Waals surface area contributed by atoms with Crippen molar-refractivity contribution >= 4 is 102 Å². The monoisotopic (exact) mass is 1720 g/mol. The number of nitrogens with zero attached hydrogens (tertiary/aromatic N) is 7. The highest BCUT2D eigenvalue weighted by Gasteiger charge is 2.22. The third-order valence-corrected chi connectivity index (χ3v) is 21.1. The Labute approximate surface area is 669 Å². The summed E-state index contributed by atoms with van der Waals surface area (Å²) in [6.45, 7) is 1.87. The van der Waals surface area contributed by atoms with Crippen molar-refractivity contribution in [3.05, 3.63) is 301 Å². The van der Waals surface area contributed by atoms with Gasteiger partial charge in [0.25, 0.3) is 0 Å². The minimum absolute atomic E-state index is 0.000707. The molecular weight excluding hydrogens is 1650 g/mol. The maximum atomic E-state index is 11.9. The van der Waals surface area contributed by atoms with Crippen LogP contribution in [0.1, 0.15) is 48.6 Å². The molecule has 584 valence electrons. The summed E-state index contributed by atoms with van der Waals surface area (Å²) in [6, 6.07) is 69.2. The first-order valence-corrected chi connectivity index (χ1v) is 42.2. The fraction of sp³-hybridized carbons (Fsp3) is 0.0519. The summed E-state index contributed by atoms with van der Waals surface area (Å²) in [5.74, 6) is 1.38. The Morgan fingerprint density at radius 3 is 1.15 bits per heavy atom. The van der Waals surface area contributed by atoms with Crippen molar-refractivity contribution in [1.82, 2.24) is 39.7 Å². The van der Waals surface area contributed by atoms with E-state index in [2.05, 4.69) is 46.3 Å². The van der Waals surface area contributed by atoms with E-state index in [1.54, 1.807) is 67.3 Å². The molecule has 0 amide bonds. The van der Waals surface area contributed by atoms with Crippen LogP contribution in [-0.2, 0) is 44.8 Å². The summed E-state index contributed by atoms with van der Waals surface area (Å²) >= 11 is 5.47. The maximum Gasteiger partial charge on any atom is 0.357 e. The number of rotatable bonds is 24. The molecule has 0 unspecified atom stereocenters. The summed E-state index contributed by atoms with van der Waals surface area (Å²) in [5, 5.41) is 49.6. The van der Waals surface area contributed by atoms with E-state index in [-0.39, 0.29) is 55.8 Å². The molecule has 0 fully saturated rings. The van der Waals surface area contributed by atoms with Gasteiger partial charge in [-0.2, -0.15) is 15.3 Å². The Hall–Kier alpha value is -12.5. The van der Waals surface area contributed by atoms with Crippen LogP contribution in [-0.4, -0.2) is 121 Å². The number of H-pyrrole nitrogens is 1. The summed E-state index contributed by atoms with van der Waals surface area (Å²) < 4.78 is 121. The van der Waals surface area contributed by atoms with Gasteiger partial charge in [0.1, 0.15) is 40.1 Å². The van der Waals surface area contributed by atoms with E-state index in [4.69, 9.17) is 49.3 Å². The summed E-state index contributed by atoms with van der Waals surface area (Å²) in [7, 11) is -15.0. The number of thiazole rings is 2. The molecule has 114 heavy (non-hydrogen) atoms. The second kappa shape index (κ2) is 38.6. The predicted molar refractivity (Wildman–Crippen MR) is 429 cm³/mol. The second-order valence-electron chi connectivity index (χ2n) is 23.2. The van der Waals surface area contributed by atoms with Crippen LogP contribution in [0.15, 0.2) is 298 Å². The van der Waals surface area contributed by atoms with E-state index >= 15 is 0 Å². The van der Waals surface area contributed by atoms with E-state index < -0.39 is 52.0 Å². The van der Waals surface area contributed by atoms with Crippen molar-refractivity contribution in [2.45, 2.75) is 26.5 Å². The lowest BCUT2D eigenvalue weighted by Gasteiger charge is -2.07. The Balaban J connectivity index is 0.000000157. The molecule has 0 spiro atoms. The van der Waals surface area contributed by atoms with E-state index in [0.29, 0.717) is 72.8 Å². The van der Waals surface area contributed by atoms with Crippen LogP contribution >= 0.6 is 38.6 Å². The third-order valence-electron chi connectivity index (χ3n) is 15.2. The van der Waals surface area contributed by atoms with Gasteiger partial charge in [-0.1, -0.05) is 168 Å². The van der Waals surface area contributed by atoms with Crippen LogP contribution in [0.3, 0.4) is 0 Å². The first kappa shape index (κ1) is 83.9. The van der Waals surface area contributed by atoms with Crippen LogP contribution in [0, 0.1) is 0 Å². The molecule has 37 heteroatoms. The van der Waals surface area contributed by atoms with Crippen LogP contribution < -0.4 is 39.5 Å².